The van der Waals surface area contributed by atoms with Gasteiger partial charge in [-0.05, 0) is 25.5 Å². The molecule has 0 radical (unpaired) electrons. The summed E-state index contributed by atoms with van der Waals surface area (Å²) in [5.41, 5.74) is 1.38. The van der Waals surface area contributed by atoms with E-state index >= 15 is 0 Å². The molecule has 0 amide bonds. The van der Waals surface area contributed by atoms with Crippen molar-refractivity contribution >= 4 is 32.5 Å². The first-order chi connectivity index (χ1) is 8.95. The summed E-state index contributed by atoms with van der Waals surface area (Å²) >= 11 is 5.98. The Labute approximate surface area is 117 Å². The molecule has 4 nitrogen and oxygen atoms in total. The van der Waals surface area contributed by atoms with Crippen molar-refractivity contribution in [2.24, 2.45) is 0 Å². The summed E-state index contributed by atoms with van der Waals surface area (Å²) in [6.07, 6.45) is 0.611. The molecule has 1 aromatic heterocycles. The van der Waals surface area contributed by atoms with Gasteiger partial charge in [-0.2, -0.15) is 0 Å². The lowest BCUT2D eigenvalue weighted by Gasteiger charge is -2.27. The second kappa shape index (κ2) is 4.21. The molecule has 3 rings (SSSR count). The van der Waals surface area contributed by atoms with Crippen LogP contribution >= 0.6 is 11.6 Å². The van der Waals surface area contributed by atoms with E-state index in [1.807, 2.05) is 35.8 Å². The Kier molecular flexibility index (Phi) is 2.87. The van der Waals surface area contributed by atoms with Gasteiger partial charge in [-0.15, -0.1) is 11.6 Å². The van der Waals surface area contributed by atoms with E-state index in [0.29, 0.717) is 6.42 Å². The third-order valence-corrected chi connectivity index (χ3v) is 5.90. The molecule has 1 aliphatic rings. The van der Waals surface area contributed by atoms with Gasteiger partial charge in [-0.1, -0.05) is 12.1 Å². The molecule has 0 spiro atoms. The number of imidazole rings is 1. The topological polar surface area (TPSA) is 52.0 Å². The molecule has 19 heavy (non-hydrogen) atoms. The van der Waals surface area contributed by atoms with Crippen LogP contribution < -0.4 is 0 Å². The molecule has 0 bridgehead atoms. The second-order valence-corrected chi connectivity index (χ2v) is 7.78. The summed E-state index contributed by atoms with van der Waals surface area (Å²) < 4.78 is 25.6. The molecule has 2 heterocycles. The van der Waals surface area contributed by atoms with Crippen LogP contribution in [0.5, 0.6) is 0 Å². The Hall–Kier alpha value is -1.07. The maximum Gasteiger partial charge on any atom is 0.152 e. The zero-order valence-electron chi connectivity index (χ0n) is 10.6. The zero-order valence-corrected chi connectivity index (χ0v) is 12.2. The van der Waals surface area contributed by atoms with Crippen molar-refractivity contribution in [2.75, 3.05) is 11.5 Å². The fourth-order valence-electron chi connectivity index (χ4n) is 2.94. The molecule has 1 unspecified atom stereocenters. The summed E-state index contributed by atoms with van der Waals surface area (Å²) in [5, 5.41) is 0. The van der Waals surface area contributed by atoms with Crippen LogP contribution in [0.1, 0.15) is 19.2 Å². The number of aromatic nitrogens is 2. The van der Waals surface area contributed by atoms with Gasteiger partial charge in [-0.3, -0.25) is 0 Å². The van der Waals surface area contributed by atoms with Crippen molar-refractivity contribution in [1.29, 1.82) is 0 Å². The van der Waals surface area contributed by atoms with Gasteiger partial charge in [0.15, 0.2) is 9.84 Å². The Balaban J connectivity index is 2.24. The molecular formula is C13H15ClN2O2S. The fraction of sp³-hybridized carbons (Fsp3) is 0.462. The van der Waals surface area contributed by atoms with Crippen LogP contribution in [0.3, 0.4) is 0 Å². The van der Waals surface area contributed by atoms with Gasteiger partial charge >= 0.3 is 0 Å². The normalized spacial score (nSPS) is 26.0. The highest BCUT2D eigenvalue weighted by Crippen LogP contribution is 2.35. The highest BCUT2D eigenvalue weighted by Gasteiger charge is 2.41. The van der Waals surface area contributed by atoms with Gasteiger partial charge in [0.05, 0.1) is 34.0 Å². The van der Waals surface area contributed by atoms with Crippen LogP contribution in [0.25, 0.3) is 11.0 Å². The predicted molar refractivity (Wildman–Crippen MR) is 76.2 cm³/mol. The predicted octanol–water partition coefficient (Wildman–Crippen LogP) is 2.31. The van der Waals surface area contributed by atoms with Gasteiger partial charge in [0.1, 0.15) is 5.82 Å². The van der Waals surface area contributed by atoms with Gasteiger partial charge in [0.25, 0.3) is 0 Å². The Morgan fingerprint density at radius 2 is 2.16 bits per heavy atom. The summed E-state index contributed by atoms with van der Waals surface area (Å²) in [7, 11) is -2.97. The zero-order chi connectivity index (χ0) is 13.7. The van der Waals surface area contributed by atoms with E-state index < -0.39 is 15.4 Å². The Bertz CT molecular complexity index is 738. The maximum atomic E-state index is 11.8. The lowest BCUT2D eigenvalue weighted by Crippen LogP contribution is -2.32. The van der Waals surface area contributed by atoms with Crippen LogP contribution in [0.15, 0.2) is 24.3 Å². The average molecular weight is 299 g/mol. The smallest absolute Gasteiger partial charge is 0.152 e. The number of fused-ring (bicyclic) bond motifs is 1. The van der Waals surface area contributed by atoms with Crippen LogP contribution in [-0.2, 0) is 21.3 Å². The molecule has 0 N–H and O–H groups in total. The summed E-state index contributed by atoms with van der Waals surface area (Å²) in [5.74, 6) is 1.41. The number of rotatable bonds is 2. The average Bonchev–Trinajstić information content (AvgIpc) is 2.87. The monoisotopic (exact) mass is 298 g/mol. The first kappa shape index (κ1) is 12.9. The van der Waals surface area contributed by atoms with Gasteiger partial charge in [0, 0.05) is 0 Å². The molecule has 6 heteroatoms. The van der Waals surface area contributed by atoms with Crippen molar-refractivity contribution in [1.82, 2.24) is 9.55 Å². The Morgan fingerprint density at radius 1 is 1.42 bits per heavy atom. The third kappa shape index (κ3) is 2.05. The molecule has 1 aromatic carbocycles. The largest absolute Gasteiger partial charge is 0.320 e. The SMILES string of the molecule is CC1(n2c(CCl)nc3ccccc32)CCS(=O)(=O)C1. The molecule has 1 atom stereocenters. The molecule has 102 valence electrons. The number of hydrogen-bond acceptors (Lipinski definition) is 3. The standard InChI is InChI=1S/C13H15ClN2O2S/c1-13(6-7-19(17,18)9-13)16-11-5-3-2-4-10(11)15-12(16)8-14/h2-5H,6-9H2,1H3. The minimum Gasteiger partial charge on any atom is -0.320 e. The highest BCUT2D eigenvalue weighted by molar-refractivity contribution is 7.91. The second-order valence-electron chi connectivity index (χ2n) is 5.32. The number of para-hydroxylation sites is 2. The van der Waals surface area contributed by atoms with Crippen LogP contribution in [0, 0.1) is 0 Å². The van der Waals surface area contributed by atoms with Crippen molar-refractivity contribution < 1.29 is 8.42 Å². The fourth-order valence-corrected chi connectivity index (χ4v) is 5.23. The van der Waals surface area contributed by atoms with E-state index in [1.165, 1.54) is 0 Å². The van der Waals surface area contributed by atoms with E-state index in [-0.39, 0.29) is 17.4 Å². The summed E-state index contributed by atoms with van der Waals surface area (Å²) in [4.78, 5) is 4.50. The summed E-state index contributed by atoms with van der Waals surface area (Å²) in [6, 6.07) is 7.75. The summed E-state index contributed by atoms with van der Waals surface area (Å²) in [6.45, 7) is 1.97. The molecule has 2 aromatic rings. The number of halogens is 1. The first-order valence-corrected chi connectivity index (χ1v) is 8.54. The molecule has 1 fully saturated rings. The van der Waals surface area contributed by atoms with Crippen LogP contribution in [-0.4, -0.2) is 29.5 Å². The minimum atomic E-state index is -2.97. The van der Waals surface area contributed by atoms with E-state index in [9.17, 15) is 8.42 Å². The number of benzene rings is 1. The molecule has 1 aliphatic heterocycles. The van der Waals surface area contributed by atoms with Gasteiger partial charge < -0.3 is 4.57 Å². The van der Waals surface area contributed by atoms with Crippen molar-refractivity contribution in [2.45, 2.75) is 24.8 Å². The van der Waals surface area contributed by atoms with Crippen LogP contribution in [0.2, 0.25) is 0 Å². The number of nitrogens with zero attached hydrogens (tertiary/aromatic N) is 2. The maximum absolute atomic E-state index is 11.8. The highest BCUT2D eigenvalue weighted by atomic mass is 35.5. The van der Waals surface area contributed by atoms with Crippen molar-refractivity contribution in [3.05, 3.63) is 30.1 Å². The lowest BCUT2D eigenvalue weighted by atomic mass is 10.0. The number of alkyl halides is 1. The van der Waals surface area contributed by atoms with Crippen LogP contribution in [0.4, 0.5) is 0 Å². The number of sulfone groups is 1. The van der Waals surface area contributed by atoms with E-state index in [1.54, 1.807) is 0 Å². The van der Waals surface area contributed by atoms with E-state index in [0.717, 1.165) is 16.9 Å². The number of hydrogen-bond donors (Lipinski definition) is 0. The molecule has 0 aliphatic carbocycles. The lowest BCUT2D eigenvalue weighted by molar-refractivity contribution is 0.367. The Morgan fingerprint density at radius 3 is 2.79 bits per heavy atom. The van der Waals surface area contributed by atoms with E-state index in [4.69, 9.17) is 11.6 Å². The first-order valence-electron chi connectivity index (χ1n) is 6.18. The van der Waals surface area contributed by atoms with Crippen molar-refractivity contribution in [3.63, 3.8) is 0 Å². The third-order valence-electron chi connectivity index (χ3n) is 3.77. The molecule has 1 saturated heterocycles. The molecular weight excluding hydrogens is 284 g/mol. The quantitative estimate of drug-likeness (QED) is 0.800. The minimum absolute atomic E-state index is 0.157. The molecule has 0 saturated carbocycles. The van der Waals surface area contributed by atoms with Gasteiger partial charge in [-0.25, -0.2) is 13.4 Å². The van der Waals surface area contributed by atoms with Gasteiger partial charge in [0.2, 0.25) is 0 Å². The van der Waals surface area contributed by atoms with Crippen molar-refractivity contribution in [3.8, 4) is 0 Å². The van der Waals surface area contributed by atoms with E-state index in [2.05, 4.69) is 4.98 Å².